The molecular formula is C22H26O6. The number of fused-ring (bicyclic) bond motifs is 4. The summed E-state index contributed by atoms with van der Waals surface area (Å²) in [6.07, 6.45) is -1.70. The lowest BCUT2D eigenvalue weighted by molar-refractivity contribution is -0.238. The van der Waals surface area contributed by atoms with Crippen molar-refractivity contribution in [3.63, 3.8) is 0 Å². The molecule has 5 atom stereocenters. The second-order valence-corrected chi connectivity index (χ2v) is 8.50. The number of hydrogen-bond donors (Lipinski definition) is 0. The Morgan fingerprint density at radius 1 is 0.786 bits per heavy atom. The zero-order chi connectivity index (χ0) is 19.5. The lowest BCUT2D eigenvalue weighted by Gasteiger charge is -2.37. The van der Waals surface area contributed by atoms with Gasteiger partial charge in [0.1, 0.15) is 36.8 Å². The van der Waals surface area contributed by atoms with Gasteiger partial charge in [-0.1, -0.05) is 36.4 Å². The fraction of sp³-hybridized carbons (Fsp3) is 0.545. The van der Waals surface area contributed by atoms with Crippen molar-refractivity contribution in [1.29, 1.82) is 0 Å². The van der Waals surface area contributed by atoms with Crippen LogP contribution in [-0.2, 0) is 23.7 Å². The van der Waals surface area contributed by atoms with Crippen LogP contribution < -0.4 is 4.74 Å². The van der Waals surface area contributed by atoms with Crippen molar-refractivity contribution in [3.05, 3.63) is 42.5 Å². The van der Waals surface area contributed by atoms with E-state index >= 15 is 0 Å². The Kier molecular flexibility index (Phi) is 4.19. The van der Waals surface area contributed by atoms with Gasteiger partial charge in [0, 0.05) is 5.56 Å². The summed E-state index contributed by atoms with van der Waals surface area (Å²) in [5.41, 5.74) is 2.21. The van der Waals surface area contributed by atoms with Gasteiger partial charge in [0.2, 0.25) is 0 Å². The fourth-order valence-electron chi connectivity index (χ4n) is 4.31. The standard InChI is InChI=1S/C22H26O6/c1-21(2)25-17-16(24-20-19(18(17)26-21)27-22(3,4)28-20)12-23-15-11-10-13-8-6-5-7-9-14(13)15/h5-11,16-20H,12H2,1-4H3/t16-,17+,18+,19-,20-/m1/s1. The van der Waals surface area contributed by atoms with E-state index in [1.165, 1.54) is 0 Å². The van der Waals surface area contributed by atoms with Gasteiger partial charge in [0.15, 0.2) is 17.9 Å². The fourth-order valence-corrected chi connectivity index (χ4v) is 4.31. The molecule has 3 heterocycles. The van der Waals surface area contributed by atoms with Gasteiger partial charge in [-0.25, -0.2) is 0 Å². The third-order valence-electron chi connectivity index (χ3n) is 5.41. The second-order valence-electron chi connectivity index (χ2n) is 8.50. The van der Waals surface area contributed by atoms with Crippen molar-refractivity contribution in [3.8, 4) is 16.9 Å². The van der Waals surface area contributed by atoms with Gasteiger partial charge in [-0.3, -0.25) is 0 Å². The number of ether oxygens (including phenoxy) is 6. The Hall–Kier alpha value is -1.70. The predicted octanol–water partition coefficient (Wildman–Crippen LogP) is 3.57. The molecule has 150 valence electrons. The van der Waals surface area contributed by atoms with Crippen LogP contribution in [0.25, 0.3) is 11.1 Å². The molecule has 3 aliphatic heterocycles. The van der Waals surface area contributed by atoms with E-state index in [-0.39, 0.29) is 24.4 Å². The molecule has 0 aromatic heterocycles. The average molecular weight is 386 g/mol. The Morgan fingerprint density at radius 3 is 2.36 bits per heavy atom. The lowest BCUT2D eigenvalue weighted by atomic mass is 9.99. The topological polar surface area (TPSA) is 55.4 Å². The maximum atomic E-state index is 6.20. The molecular weight excluding hydrogens is 360 g/mol. The smallest absolute Gasteiger partial charge is 0.190 e. The van der Waals surface area contributed by atoms with E-state index in [0.717, 1.165) is 16.9 Å². The molecule has 2 aliphatic carbocycles. The molecule has 3 fully saturated rings. The SMILES string of the molecule is CC1(C)O[C@H]2[C@@H](O1)[C@@H](COc1ccc3cccccc1-3)O[C@@H]1OC(C)(C)O[C@@H]12. The van der Waals surface area contributed by atoms with Gasteiger partial charge >= 0.3 is 0 Å². The Labute approximate surface area is 165 Å². The summed E-state index contributed by atoms with van der Waals surface area (Å²) >= 11 is 0. The molecule has 0 spiro atoms. The van der Waals surface area contributed by atoms with Crippen LogP contribution in [-0.4, -0.2) is 48.9 Å². The van der Waals surface area contributed by atoms with E-state index < -0.39 is 17.9 Å². The van der Waals surface area contributed by atoms with Crippen molar-refractivity contribution in [2.45, 2.75) is 70.0 Å². The Bertz CT molecular complexity index is 833. The van der Waals surface area contributed by atoms with Crippen LogP contribution in [0.5, 0.6) is 5.75 Å². The summed E-state index contributed by atoms with van der Waals surface area (Å²) < 4.78 is 36.6. The Balaban J connectivity index is 1.36. The van der Waals surface area contributed by atoms with E-state index in [4.69, 9.17) is 28.4 Å². The molecule has 0 unspecified atom stereocenters. The largest absolute Gasteiger partial charge is 0.490 e. The van der Waals surface area contributed by atoms with E-state index in [1.807, 2.05) is 52.0 Å². The van der Waals surface area contributed by atoms with Crippen LogP contribution in [0.2, 0.25) is 0 Å². The second kappa shape index (κ2) is 6.40. The molecule has 5 aliphatic rings. The van der Waals surface area contributed by atoms with Gasteiger partial charge in [-0.05, 0) is 39.3 Å². The highest BCUT2D eigenvalue weighted by molar-refractivity contribution is 5.73. The average Bonchev–Trinajstić information content (AvgIpc) is 3.18. The molecule has 0 amide bonds. The van der Waals surface area contributed by atoms with Gasteiger partial charge in [0.05, 0.1) is 0 Å². The summed E-state index contributed by atoms with van der Waals surface area (Å²) in [4.78, 5) is 0. The molecule has 0 aromatic carbocycles. The van der Waals surface area contributed by atoms with Gasteiger partial charge in [-0.15, -0.1) is 0 Å². The van der Waals surface area contributed by atoms with Crippen LogP contribution in [0.15, 0.2) is 42.5 Å². The van der Waals surface area contributed by atoms with Gasteiger partial charge < -0.3 is 28.4 Å². The number of rotatable bonds is 3. The van der Waals surface area contributed by atoms with Crippen LogP contribution >= 0.6 is 0 Å². The molecule has 0 radical (unpaired) electrons. The first-order valence-electron chi connectivity index (χ1n) is 9.79. The summed E-state index contributed by atoms with van der Waals surface area (Å²) in [6.45, 7) is 7.91. The summed E-state index contributed by atoms with van der Waals surface area (Å²) in [5, 5.41) is 0. The Morgan fingerprint density at radius 2 is 1.50 bits per heavy atom. The summed E-state index contributed by atoms with van der Waals surface area (Å²) in [7, 11) is 0. The molecule has 0 aromatic rings. The lowest BCUT2D eigenvalue weighted by Crippen LogP contribution is -2.56. The normalized spacial score (nSPS) is 35.5. The van der Waals surface area contributed by atoms with Crippen LogP contribution in [0, 0.1) is 0 Å². The van der Waals surface area contributed by atoms with Crippen LogP contribution in [0.3, 0.4) is 0 Å². The first kappa shape index (κ1) is 18.3. The van der Waals surface area contributed by atoms with Crippen molar-refractivity contribution in [2.75, 3.05) is 6.61 Å². The quantitative estimate of drug-likeness (QED) is 0.804. The minimum Gasteiger partial charge on any atom is -0.490 e. The highest BCUT2D eigenvalue weighted by Crippen LogP contribution is 2.44. The highest BCUT2D eigenvalue weighted by Gasteiger charge is 2.60. The zero-order valence-corrected chi connectivity index (χ0v) is 16.6. The molecule has 28 heavy (non-hydrogen) atoms. The highest BCUT2D eigenvalue weighted by atomic mass is 16.9. The van der Waals surface area contributed by atoms with Crippen molar-refractivity contribution in [1.82, 2.24) is 0 Å². The predicted molar refractivity (Wildman–Crippen MR) is 101 cm³/mol. The van der Waals surface area contributed by atoms with E-state index in [9.17, 15) is 0 Å². The molecule has 0 bridgehead atoms. The summed E-state index contributed by atoms with van der Waals surface area (Å²) in [6, 6.07) is 14.2. The van der Waals surface area contributed by atoms with Crippen LogP contribution in [0.1, 0.15) is 27.7 Å². The van der Waals surface area contributed by atoms with Gasteiger partial charge in [0.25, 0.3) is 0 Å². The molecule has 0 saturated carbocycles. The third-order valence-corrected chi connectivity index (χ3v) is 5.41. The monoisotopic (exact) mass is 386 g/mol. The van der Waals surface area contributed by atoms with Crippen molar-refractivity contribution in [2.24, 2.45) is 0 Å². The first-order valence-corrected chi connectivity index (χ1v) is 9.79. The van der Waals surface area contributed by atoms with E-state index in [2.05, 4.69) is 18.2 Å². The third kappa shape index (κ3) is 3.19. The van der Waals surface area contributed by atoms with Gasteiger partial charge in [-0.2, -0.15) is 0 Å². The van der Waals surface area contributed by atoms with E-state index in [1.54, 1.807) is 0 Å². The van der Waals surface area contributed by atoms with Crippen LogP contribution in [0.4, 0.5) is 0 Å². The zero-order valence-electron chi connectivity index (χ0n) is 16.6. The minimum absolute atomic E-state index is 0.265. The molecule has 6 nitrogen and oxygen atoms in total. The van der Waals surface area contributed by atoms with Crippen molar-refractivity contribution >= 4 is 0 Å². The minimum atomic E-state index is -0.720. The molecule has 3 saturated heterocycles. The van der Waals surface area contributed by atoms with E-state index in [0.29, 0.717) is 6.61 Å². The summed E-state index contributed by atoms with van der Waals surface area (Å²) in [5.74, 6) is -0.596. The first-order chi connectivity index (χ1) is 13.3. The maximum Gasteiger partial charge on any atom is 0.190 e. The van der Waals surface area contributed by atoms with Crippen molar-refractivity contribution < 1.29 is 28.4 Å². The molecule has 6 heteroatoms. The molecule has 5 rings (SSSR count). The maximum absolute atomic E-state index is 6.20. The molecule has 0 N–H and O–H groups in total. The number of hydrogen-bond acceptors (Lipinski definition) is 6.